The maximum absolute atomic E-state index is 12.5. The third kappa shape index (κ3) is 2.90. The van der Waals surface area contributed by atoms with Crippen molar-refractivity contribution in [1.82, 2.24) is 20.2 Å². The lowest BCUT2D eigenvalue weighted by molar-refractivity contribution is -0.129. The van der Waals surface area contributed by atoms with Gasteiger partial charge in [-0.15, -0.1) is 0 Å². The van der Waals surface area contributed by atoms with Crippen LogP contribution in [0, 0.1) is 12.3 Å². The Kier molecular flexibility index (Phi) is 3.79. The molecule has 0 bridgehead atoms. The zero-order valence-electron chi connectivity index (χ0n) is 13.8. The maximum Gasteiger partial charge on any atom is 0.235 e. The van der Waals surface area contributed by atoms with Crippen LogP contribution in [0.3, 0.4) is 0 Å². The van der Waals surface area contributed by atoms with Crippen molar-refractivity contribution < 1.29 is 14.4 Å². The molecule has 1 spiro atoms. The third-order valence-corrected chi connectivity index (χ3v) is 5.75. The Labute approximate surface area is 148 Å². The highest BCUT2D eigenvalue weighted by Gasteiger charge is 2.51. The van der Waals surface area contributed by atoms with Gasteiger partial charge in [-0.1, -0.05) is 17.8 Å². The number of carbonyl (C=O) groups excluding carboxylic acids is 3. The van der Waals surface area contributed by atoms with Crippen molar-refractivity contribution in [2.24, 2.45) is 5.41 Å². The standard InChI is InChI=1S/C17H18N4O3S/c1-10-2-3-11-12(6-10)19-16(18-11)25-8-14(23)21-5-4-17(9-21)7-13(22)20-15(17)24/h2-3,6H,4-5,7-9H2,1H3,(H,18,19)(H,20,22,24). The summed E-state index contributed by atoms with van der Waals surface area (Å²) in [6.07, 6.45) is 0.733. The lowest BCUT2D eigenvalue weighted by Crippen LogP contribution is -2.37. The molecule has 2 aliphatic heterocycles. The van der Waals surface area contributed by atoms with Crippen molar-refractivity contribution in [1.29, 1.82) is 0 Å². The number of H-pyrrole nitrogens is 1. The number of hydrogen-bond donors (Lipinski definition) is 2. The quantitative estimate of drug-likeness (QED) is 0.636. The van der Waals surface area contributed by atoms with Crippen LogP contribution < -0.4 is 5.32 Å². The molecule has 3 heterocycles. The number of imidazole rings is 1. The summed E-state index contributed by atoms with van der Waals surface area (Å²) in [6, 6.07) is 5.97. The van der Waals surface area contributed by atoms with Gasteiger partial charge in [-0.05, 0) is 31.0 Å². The highest BCUT2D eigenvalue weighted by Crippen LogP contribution is 2.37. The molecule has 3 amide bonds. The van der Waals surface area contributed by atoms with Gasteiger partial charge in [0.1, 0.15) is 0 Å². The predicted octanol–water partition coefficient (Wildman–Crippen LogP) is 1.23. The van der Waals surface area contributed by atoms with Crippen LogP contribution in [0.5, 0.6) is 0 Å². The number of thioether (sulfide) groups is 1. The number of fused-ring (bicyclic) bond motifs is 1. The first-order valence-corrected chi connectivity index (χ1v) is 9.15. The van der Waals surface area contributed by atoms with E-state index in [1.54, 1.807) is 4.90 Å². The van der Waals surface area contributed by atoms with Crippen LogP contribution in [0.1, 0.15) is 18.4 Å². The Morgan fingerprint density at radius 2 is 2.24 bits per heavy atom. The van der Waals surface area contributed by atoms with E-state index in [-0.39, 0.29) is 29.9 Å². The number of nitrogens with one attached hydrogen (secondary N) is 2. The summed E-state index contributed by atoms with van der Waals surface area (Å²) in [5.74, 6) is -0.269. The van der Waals surface area contributed by atoms with Gasteiger partial charge < -0.3 is 9.88 Å². The van der Waals surface area contributed by atoms with E-state index >= 15 is 0 Å². The molecule has 2 aromatic rings. The van der Waals surface area contributed by atoms with Gasteiger partial charge in [0.25, 0.3) is 0 Å². The summed E-state index contributed by atoms with van der Waals surface area (Å²) < 4.78 is 0. The molecule has 1 unspecified atom stereocenters. The Bertz CT molecular complexity index is 893. The molecule has 1 aromatic carbocycles. The number of carbonyl (C=O) groups is 3. The van der Waals surface area contributed by atoms with Crippen LogP contribution in [0.4, 0.5) is 0 Å². The summed E-state index contributed by atoms with van der Waals surface area (Å²) in [6.45, 7) is 2.85. The average Bonchev–Trinajstić information content (AvgIpc) is 3.23. The highest BCUT2D eigenvalue weighted by molar-refractivity contribution is 7.99. The molecule has 2 fully saturated rings. The molecule has 0 aliphatic carbocycles. The fraction of sp³-hybridized carbons (Fsp3) is 0.412. The van der Waals surface area contributed by atoms with Gasteiger partial charge in [-0.25, -0.2) is 4.98 Å². The number of aromatic nitrogens is 2. The van der Waals surface area contributed by atoms with Crippen molar-refractivity contribution in [2.45, 2.75) is 24.9 Å². The second-order valence-corrected chi connectivity index (χ2v) is 7.71. The molecule has 1 aromatic heterocycles. The van der Waals surface area contributed by atoms with Gasteiger partial charge in [-0.3, -0.25) is 19.7 Å². The second kappa shape index (κ2) is 5.87. The molecule has 25 heavy (non-hydrogen) atoms. The van der Waals surface area contributed by atoms with Gasteiger partial charge >= 0.3 is 0 Å². The zero-order valence-corrected chi connectivity index (χ0v) is 14.6. The van der Waals surface area contributed by atoms with Gasteiger partial charge in [0.05, 0.1) is 22.2 Å². The fourth-order valence-corrected chi connectivity index (χ4v) is 4.28. The molecular weight excluding hydrogens is 340 g/mol. The second-order valence-electron chi connectivity index (χ2n) is 6.75. The molecule has 4 rings (SSSR count). The molecule has 0 radical (unpaired) electrons. The van der Waals surface area contributed by atoms with Crippen molar-refractivity contribution in [3.63, 3.8) is 0 Å². The molecule has 2 saturated heterocycles. The monoisotopic (exact) mass is 358 g/mol. The minimum Gasteiger partial charge on any atom is -0.341 e. The first-order valence-electron chi connectivity index (χ1n) is 8.16. The molecule has 8 heteroatoms. The first-order chi connectivity index (χ1) is 11.9. The largest absolute Gasteiger partial charge is 0.341 e. The summed E-state index contributed by atoms with van der Waals surface area (Å²) in [7, 11) is 0. The van der Waals surface area contributed by atoms with Crippen LogP contribution in [0.2, 0.25) is 0 Å². The Balaban J connectivity index is 1.39. The van der Waals surface area contributed by atoms with E-state index in [9.17, 15) is 14.4 Å². The minimum atomic E-state index is -0.714. The van der Waals surface area contributed by atoms with Gasteiger partial charge in [0, 0.05) is 19.5 Å². The SMILES string of the molecule is Cc1ccc2nc(SCC(=O)N3CCC4(CC(=O)NC4=O)C3)[nH]c2c1. The zero-order chi connectivity index (χ0) is 17.6. The van der Waals surface area contributed by atoms with Gasteiger partial charge in [0.2, 0.25) is 17.7 Å². The van der Waals surface area contributed by atoms with Crippen LogP contribution in [-0.2, 0) is 14.4 Å². The van der Waals surface area contributed by atoms with Crippen molar-refractivity contribution in [3.05, 3.63) is 23.8 Å². The summed E-state index contributed by atoms with van der Waals surface area (Å²) in [5, 5.41) is 3.06. The minimum absolute atomic E-state index is 0.0364. The summed E-state index contributed by atoms with van der Waals surface area (Å²) >= 11 is 1.35. The van der Waals surface area contributed by atoms with E-state index in [2.05, 4.69) is 15.3 Å². The van der Waals surface area contributed by atoms with Crippen LogP contribution >= 0.6 is 11.8 Å². The summed E-state index contributed by atoms with van der Waals surface area (Å²) in [5.41, 5.74) is 2.27. The number of rotatable bonds is 3. The van der Waals surface area contributed by atoms with E-state index < -0.39 is 5.41 Å². The van der Waals surface area contributed by atoms with E-state index in [4.69, 9.17) is 0 Å². The van der Waals surface area contributed by atoms with Crippen molar-refractivity contribution in [3.8, 4) is 0 Å². The topological polar surface area (TPSA) is 95.2 Å². The van der Waals surface area contributed by atoms with Crippen LogP contribution in [-0.4, -0.2) is 51.4 Å². The molecule has 1 atom stereocenters. The van der Waals surface area contributed by atoms with E-state index in [1.807, 2.05) is 25.1 Å². The summed E-state index contributed by atoms with van der Waals surface area (Å²) in [4.78, 5) is 45.3. The average molecular weight is 358 g/mol. The molecule has 2 aliphatic rings. The Morgan fingerprint density at radius 1 is 1.40 bits per heavy atom. The smallest absolute Gasteiger partial charge is 0.235 e. The predicted molar refractivity (Wildman–Crippen MR) is 93.0 cm³/mol. The van der Waals surface area contributed by atoms with Crippen LogP contribution in [0.15, 0.2) is 23.4 Å². The van der Waals surface area contributed by atoms with Gasteiger partial charge in [-0.2, -0.15) is 0 Å². The maximum atomic E-state index is 12.5. The van der Waals surface area contributed by atoms with E-state index in [1.165, 1.54) is 11.8 Å². The number of hydrogen-bond acceptors (Lipinski definition) is 5. The number of aryl methyl sites for hydroxylation is 1. The number of likely N-dealkylation sites (tertiary alicyclic amines) is 1. The number of aromatic amines is 1. The lowest BCUT2D eigenvalue weighted by Gasteiger charge is -2.20. The normalized spacial score (nSPS) is 23.0. The number of nitrogens with zero attached hydrogens (tertiary/aromatic N) is 2. The molecule has 2 N–H and O–H groups in total. The number of amides is 3. The first kappa shape index (κ1) is 16.1. The Hall–Kier alpha value is -2.35. The van der Waals surface area contributed by atoms with Crippen molar-refractivity contribution >= 4 is 40.5 Å². The van der Waals surface area contributed by atoms with E-state index in [0.29, 0.717) is 24.7 Å². The fourth-order valence-electron chi connectivity index (χ4n) is 3.50. The number of benzene rings is 1. The van der Waals surface area contributed by atoms with Crippen molar-refractivity contribution in [2.75, 3.05) is 18.8 Å². The van der Waals surface area contributed by atoms with Gasteiger partial charge in [0.15, 0.2) is 5.16 Å². The molecule has 130 valence electrons. The lowest BCUT2D eigenvalue weighted by atomic mass is 9.85. The highest BCUT2D eigenvalue weighted by atomic mass is 32.2. The molecule has 0 saturated carbocycles. The number of imide groups is 1. The van der Waals surface area contributed by atoms with E-state index in [0.717, 1.165) is 16.6 Å². The third-order valence-electron chi connectivity index (χ3n) is 4.89. The van der Waals surface area contributed by atoms with Crippen LogP contribution in [0.25, 0.3) is 11.0 Å². The molecule has 7 nitrogen and oxygen atoms in total. The Morgan fingerprint density at radius 3 is 3.00 bits per heavy atom. The molecular formula is C17H18N4O3S.